The summed E-state index contributed by atoms with van der Waals surface area (Å²) in [6, 6.07) is 8.92. The van der Waals surface area contributed by atoms with Crippen molar-refractivity contribution in [3.8, 4) is 5.75 Å². The van der Waals surface area contributed by atoms with Gasteiger partial charge in [-0.25, -0.2) is 21.6 Å². The SMILES string of the molecule is COC(=O)c1cc(OC)ccc1NS(=O)(=O)c1ccc(S(C)(=O)=O)cc1. The quantitative estimate of drug-likeness (QED) is 0.735. The highest BCUT2D eigenvalue weighted by Crippen LogP contribution is 2.26. The minimum absolute atomic E-state index is 0.00357. The molecule has 0 radical (unpaired) electrons. The molecule has 0 aromatic heterocycles. The zero-order chi connectivity index (χ0) is 19.5. The molecule has 0 atom stereocenters. The first-order valence-corrected chi connectivity index (χ1v) is 10.6. The predicted molar refractivity (Wildman–Crippen MR) is 94.7 cm³/mol. The van der Waals surface area contributed by atoms with Crippen LogP contribution in [0.1, 0.15) is 10.4 Å². The summed E-state index contributed by atoms with van der Waals surface area (Å²) in [6.45, 7) is 0. The van der Waals surface area contributed by atoms with Crippen LogP contribution in [0.3, 0.4) is 0 Å². The third-order valence-corrected chi connectivity index (χ3v) is 5.95. The highest BCUT2D eigenvalue weighted by Gasteiger charge is 2.20. The largest absolute Gasteiger partial charge is 0.497 e. The number of nitrogens with one attached hydrogen (secondary N) is 1. The number of carbonyl (C=O) groups excluding carboxylic acids is 1. The molecule has 10 heteroatoms. The van der Waals surface area contributed by atoms with Crippen LogP contribution in [0.15, 0.2) is 52.3 Å². The molecule has 2 rings (SSSR count). The lowest BCUT2D eigenvalue weighted by atomic mass is 10.2. The van der Waals surface area contributed by atoms with Crippen LogP contribution >= 0.6 is 0 Å². The fourth-order valence-electron chi connectivity index (χ4n) is 2.09. The van der Waals surface area contributed by atoms with E-state index in [0.717, 1.165) is 6.26 Å². The molecule has 26 heavy (non-hydrogen) atoms. The molecule has 0 unspecified atom stereocenters. The zero-order valence-corrected chi connectivity index (χ0v) is 15.8. The fourth-order valence-corrected chi connectivity index (χ4v) is 3.80. The van der Waals surface area contributed by atoms with E-state index < -0.39 is 25.8 Å². The molecule has 0 saturated heterocycles. The molecule has 8 nitrogen and oxygen atoms in total. The molecule has 0 aliphatic rings. The van der Waals surface area contributed by atoms with Crippen molar-refractivity contribution in [2.45, 2.75) is 9.79 Å². The topological polar surface area (TPSA) is 116 Å². The first kappa shape index (κ1) is 19.7. The van der Waals surface area contributed by atoms with Crippen molar-refractivity contribution in [3.63, 3.8) is 0 Å². The summed E-state index contributed by atoms with van der Waals surface area (Å²) in [5, 5.41) is 0. The van der Waals surface area contributed by atoms with Gasteiger partial charge in [0.05, 0.1) is 35.3 Å². The maximum absolute atomic E-state index is 12.5. The van der Waals surface area contributed by atoms with Gasteiger partial charge in [0.15, 0.2) is 9.84 Å². The second kappa shape index (κ2) is 7.34. The van der Waals surface area contributed by atoms with Crippen molar-refractivity contribution in [1.29, 1.82) is 0 Å². The van der Waals surface area contributed by atoms with E-state index in [1.807, 2.05) is 0 Å². The summed E-state index contributed by atoms with van der Waals surface area (Å²) < 4.78 is 60.0. The van der Waals surface area contributed by atoms with Crippen molar-refractivity contribution < 1.29 is 31.1 Å². The highest BCUT2D eigenvalue weighted by molar-refractivity contribution is 7.92. The monoisotopic (exact) mass is 399 g/mol. The Morgan fingerprint density at radius 1 is 0.923 bits per heavy atom. The van der Waals surface area contributed by atoms with Crippen LogP contribution in [-0.4, -0.2) is 43.3 Å². The van der Waals surface area contributed by atoms with Crippen LogP contribution < -0.4 is 9.46 Å². The number of hydrogen-bond donors (Lipinski definition) is 1. The van der Waals surface area contributed by atoms with Crippen LogP contribution in [-0.2, 0) is 24.6 Å². The highest BCUT2D eigenvalue weighted by atomic mass is 32.2. The lowest BCUT2D eigenvalue weighted by molar-refractivity contribution is 0.0601. The van der Waals surface area contributed by atoms with Gasteiger partial charge in [0, 0.05) is 6.26 Å². The molecular weight excluding hydrogens is 382 g/mol. The van der Waals surface area contributed by atoms with E-state index in [4.69, 9.17) is 4.74 Å². The maximum Gasteiger partial charge on any atom is 0.340 e. The zero-order valence-electron chi connectivity index (χ0n) is 14.2. The van der Waals surface area contributed by atoms with Crippen molar-refractivity contribution in [2.75, 3.05) is 25.2 Å². The van der Waals surface area contributed by atoms with Crippen molar-refractivity contribution in [3.05, 3.63) is 48.0 Å². The fraction of sp³-hybridized carbons (Fsp3) is 0.188. The number of carbonyl (C=O) groups is 1. The number of anilines is 1. The Labute approximate surface area is 151 Å². The van der Waals surface area contributed by atoms with E-state index >= 15 is 0 Å². The second-order valence-electron chi connectivity index (χ2n) is 5.25. The normalized spacial score (nSPS) is 11.7. The maximum atomic E-state index is 12.5. The van der Waals surface area contributed by atoms with Gasteiger partial charge < -0.3 is 9.47 Å². The van der Waals surface area contributed by atoms with Crippen molar-refractivity contribution in [2.24, 2.45) is 0 Å². The van der Waals surface area contributed by atoms with Gasteiger partial charge in [-0.05, 0) is 42.5 Å². The molecule has 0 aliphatic heterocycles. The Morgan fingerprint density at radius 2 is 1.50 bits per heavy atom. The van der Waals surface area contributed by atoms with Gasteiger partial charge in [0.25, 0.3) is 10.0 Å². The minimum atomic E-state index is -4.05. The molecule has 0 bridgehead atoms. The van der Waals surface area contributed by atoms with E-state index in [2.05, 4.69) is 9.46 Å². The molecular formula is C16H17NO7S2. The molecule has 0 spiro atoms. The Hall–Kier alpha value is -2.59. The number of benzene rings is 2. The van der Waals surface area contributed by atoms with E-state index in [0.29, 0.717) is 5.75 Å². The Kier molecular flexibility index (Phi) is 5.57. The Morgan fingerprint density at radius 3 is 2.00 bits per heavy atom. The number of esters is 1. The third-order valence-electron chi connectivity index (χ3n) is 3.44. The summed E-state index contributed by atoms with van der Waals surface area (Å²) in [7, 11) is -4.92. The number of hydrogen-bond acceptors (Lipinski definition) is 7. The molecule has 0 heterocycles. The van der Waals surface area contributed by atoms with Gasteiger partial charge in [0.2, 0.25) is 0 Å². The van der Waals surface area contributed by atoms with E-state index in [-0.39, 0.29) is 21.0 Å². The number of sulfonamides is 1. The van der Waals surface area contributed by atoms with E-state index in [1.54, 1.807) is 0 Å². The molecule has 0 amide bonds. The Balaban J connectivity index is 2.42. The molecule has 0 aliphatic carbocycles. The van der Waals surface area contributed by atoms with Gasteiger partial charge in [-0.15, -0.1) is 0 Å². The van der Waals surface area contributed by atoms with Gasteiger partial charge in [0.1, 0.15) is 5.75 Å². The summed E-state index contributed by atoms with van der Waals surface area (Å²) in [6.07, 6.45) is 1.02. The van der Waals surface area contributed by atoms with Crippen molar-refractivity contribution in [1.82, 2.24) is 0 Å². The molecule has 2 aromatic carbocycles. The lowest BCUT2D eigenvalue weighted by Gasteiger charge is -2.13. The summed E-state index contributed by atoms with van der Waals surface area (Å²) in [5.74, 6) is -0.389. The smallest absolute Gasteiger partial charge is 0.340 e. The lowest BCUT2D eigenvalue weighted by Crippen LogP contribution is -2.16. The van der Waals surface area contributed by atoms with E-state index in [9.17, 15) is 21.6 Å². The average molecular weight is 399 g/mol. The molecule has 0 saturated carbocycles. The van der Waals surface area contributed by atoms with Crippen LogP contribution in [0.4, 0.5) is 5.69 Å². The molecule has 2 aromatic rings. The van der Waals surface area contributed by atoms with Crippen LogP contribution in [0, 0.1) is 0 Å². The van der Waals surface area contributed by atoms with Gasteiger partial charge >= 0.3 is 5.97 Å². The number of sulfone groups is 1. The summed E-state index contributed by atoms with van der Waals surface area (Å²) in [5.41, 5.74) is -0.0204. The number of methoxy groups -OCH3 is 2. The predicted octanol–water partition coefficient (Wildman–Crippen LogP) is 1.69. The van der Waals surface area contributed by atoms with Crippen LogP contribution in [0.5, 0.6) is 5.75 Å². The Bertz CT molecular complexity index is 1030. The van der Waals surface area contributed by atoms with Gasteiger partial charge in [-0.1, -0.05) is 0 Å². The van der Waals surface area contributed by atoms with Gasteiger partial charge in [-0.2, -0.15) is 0 Å². The number of rotatable bonds is 6. The van der Waals surface area contributed by atoms with E-state index in [1.165, 1.54) is 56.7 Å². The standard InChI is InChI=1S/C16H17NO7S2/c1-23-11-4-9-15(14(10-11)16(18)24-2)17-26(21,22)13-7-5-12(6-8-13)25(3,19)20/h4-10,17H,1-3H3. The van der Waals surface area contributed by atoms with Gasteiger partial charge in [-0.3, -0.25) is 4.72 Å². The molecule has 140 valence electrons. The number of ether oxygens (including phenoxy) is 2. The van der Waals surface area contributed by atoms with Crippen LogP contribution in [0.2, 0.25) is 0 Å². The van der Waals surface area contributed by atoms with Crippen molar-refractivity contribution >= 4 is 31.5 Å². The third kappa shape index (κ3) is 4.33. The second-order valence-corrected chi connectivity index (χ2v) is 8.95. The minimum Gasteiger partial charge on any atom is -0.497 e. The summed E-state index contributed by atoms with van der Waals surface area (Å²) in [4.78, 5) is 11.7. The molecule has 1 N–H and O–H groups in total. The molecule has 0 fully saturated rings. The average Bonchev–Trinajstić information content (AvgIpc) is 2.60. The van der Waals surface area contributed by atoms with Crippen LogP contribution in [0.25, 0.3) is 0 Å². The first-order valence-electron chi connectivity index (χ1n) is 7.18. The summed E-state index contributed by atoms with van der Waals surface area (Å²) >= 11 is 0. The first-order chi connectivity index (χ1) is 12.1.